The molecule has 1 aromatic carbocycles. The van der Waals surface area contributed by atoms with Gasteiger partial charge in [0.05, 0.1) is 18.6 Å². The Morgan fingerprint density at radius 3 is 2.52 bits per heavy atom. The van der Waals surface area contributed by atoms with Crippen molar-refractivity contribution in [1.82, 2.24) is 4.90 Å². The third kappa shape index (κ3) is 7.47. The zero-order chi connectivity index (χ0) is 24.4. The summed E-state index contributed by atoms with van der Waals surface area (Å²) in [7, 11) is 1.58. The number of ether oxygens (including phenoxy) is 2. The van der Waals surface area contributed by atoms with Crippen molar-refractivity contribution in [1.29, 1.82) is 0 Å². The summed E-state index contributed by atoms with van der Waals surface area (Å²) in [5.74, 6) is -0.380. The van der Waals surface area contributed by atoms with E-state index in [-0.39, 0.29) is 16.1 Å². The molecule has 8 heteroatoms. The van der Waals surface area contributed by atoms with Crippen LogP contribution < -0.4 is 9.47 Å². The molecule has 1 N–H and O–H groups in total. The molecule has 6 nitrogen and oxygen atoms in total. The molecule has 0 bridgehead atoms. The summed E-state index contributed by atoms with van der Waals surface area (Å²) in [5, 5.41) is 9.68. The van der Waals surface area contributed by atoms with Gasteiger partial charge in [-0.3, -0.25) is 9.69 Å². The standard InChI is InChI=1S/C25H35NO5S2/c1-5-7-8-9-10-11-14-31-19-13-12-18(15-20(19)30-4)16-21-23(27)26(25(32)33-21)22(24(28)29)17(3)6-2/h12-13,15-17,22H,5-11,14H2,1-4H3,(H,28,29)/b21-16-/t17-,22-/m0/s1. The number of hydrogen-bond donors (Lipinski definition) is 1. The minimum absolute atomic E-state index is 0.215. The van der Waals surface area contributed by atoms with Crippen LogP contribution in [0.2, 0.25) is 0 Å². The Hall–Kier alpha value is -2.06. The first-order chi connectivity index (χ1) is 15.8. The van der Waals surface area contributed by atoms with Crippen LogP contribution in [0.3, 0.4) is 0 Å². The van der Waals surface area contributed by atoms with E-state index in [0.29, 0.717) is 29.4 Å². The van der Waals surface area contributed by atoms with Gasteiger partial charge in [0.2, 0.25) is 0 Å². The van der Waals surface area contributed by atoms with E-state index < -0.39 is 12.0 Å². The third-order valence-corrected chi connectivity index (χ3v) is 7.11. The summed E-state index contributed by atoms with van der Waals surface area (Å²) >= 11 is 6.48. The van der Waals surface area contributed by atoms with Gasteiger partial charge in [-0.2, -0.15) is 0 Å². The Morgan fingerprint density at radius 2 is 1.88 bits per heavy atom. The summed E-state index contributed by atoms with van der Waals surface area (Å²) in [6.07, 6.45) is 9.51. The summed E-state index contributed by atoms with van der Waals surface area (Å²) in [4.78, 5) is 26.5. The van der Waals surface area contributed by atoms with Gasteiger partial charge in [-0.1, -0.05) is 89.3 Å². The van der Waals surface area contributed by atoms with E-state index in [1.54, 1.807) is 13.2 Å². The van der Waals surface area contributed by atoms with Gasteiger partial charge in [0, 0.05) is 0 Å². The minimum atomic E-state index is -1.05. The lowest BCUT2D eigenvalue weighted by molar-refractivity contribution is -0.147. The number of thioether (sulfide) groups is 1. The average molecular weight is 494 g/mol. The van der Waals surface area contributed by atoms with Crippen molar-refractivity contribution in [3.05, 3.63) is 28.7 Å². The van der Waals surface area contributed by atoms with Gasteiger partial charge in [-0.15, -0.1) is 0 Å². The lowest BCUT2D eigenvalue weighted by Gasteiger charge is -2.27. The van der Waals surface area contributed by atoms with Crippen LogP contribution in [0.5, 0.6) is 11.5 Å². The molecule has 0 radical (unpaired) electrons. The molecule has 2 atom stereocenters. The molecule has 182 valence electrons. The van der Waals surface area contributed by atoms with E-state index in [1.807, 2.05) is 32.0 Å². The highest BCUT2D eigenvalue weighted by Crippen LogP contribution is 2.37. The molecule has 0 aromatic heterocycles. The SMILES string of the molecule is CCCCCCCCOc1ccc(/C=C2\SC(=S)N([C@H](C(=O)O)[C@@H](C)CC)C2=O)cc1OC. The Bertz CT molecular complexity index is 870. The Balaban J connectivity index is 2.08. The number of unbranched alkanes of at least 4 members (excludes halogenated alkanes) is 5. The smallest absolute Gasteiger partial charge is 0.327 e. The molecule has 33 heavy (non-hydrogen) atoms. The van der Waals surface area contributed by atoms with E-state index in [0.717, 1.165) is 30.2 Å². The number of rotatable bonds is 14. The minimum Gasteiger partial charge on any atom is -0.493 e. The number of carboxylic acid groups (broad SMARTS) is 1. The quantitative estimate of drug-likeness (QED) is 0.190. The summed E-state index contributed by atoms with van der Waals surface area (Å²) in [6, 6.07) is 4.53. The zero-order valence-electron chi connectivity index (χ0n) is 20.0. The van der Waals surface area contributed by atoms with Gasteiger partial charge in [0.25, 0.3) is 5.91 Å². The molecule has 1 fully saturated rings. The number of amides is 1. The highest BCUT2D eigenvalue weighted by Gasteiger charge is 2.42. The second-order valence-electron chi connectivity index (χ2n) is 8.25. The van der Waals surface area contributed by atoms with Crippen molar-refractivity contribution in [3.8, 4) is 11.5 Å². The lowest BCUT2D eigenvalue weighted by atomic mass is 9.98. The van der Waals surface area contributed by atoms with Crippen molar-refractivity contribution in [3.63, 3.8) is 0 Å². The van der Waals surface area contributed by atoms with E-state index >= 15 is 0 Å². The number of hydrogen-bond acceptors (Lipinski definition) is 6. The first-order valence-corrected chi connectivity index (χ1v) is 12.9. The first-order valence-electron chi connectivity index (χ1n) is 11.6. The molecule has 1 aliphatic heterocycles. The third-order valence-electron chi connectivity index (χ3n) is 5.78. The number of benzene rings is 1. The zero-order valence-corrected chi connectivity index (χ0v) is 21.6. The number of methoxy groups -OCH3 is 1. The molecule has 1 amide bonds. The predicted molar refractivity (Wildman–Crippen MR) is 138 cm³/mol. The van der Waals surface area contributed by atoms with Crippen molar-refractivity contribution >= 4 is 46.3 Å². The highest BCUT2D eigenvalue weighted by molar-refractivity contribution is 8.26. The molecule has 2 rings (SSSR count). The van der Waals surface area contributed by atoms with Crippen LogP contribution in [0.1, 0.15) is 71.3 Å². The van der Waals surface area contributed by atoms with E-state index in [9.17, 15) is 14.7 Å². The molecule has 1 heterocycles. The lowest BCUT2D eigenvalue weighted by Crippen LogP contribution is -2.47. The van der Waals surface area contributed by atoms with Gasteiger partial charge in [-0.05, 0) is 36.1 Å². The largest absolute Gasteiger partial charge is 0.493 e. The fourth-order valence-electron chi connectivity index (χ4n) is 3.66. The van der Waals surface area contributed by atoms with Crippen LogP contribution in [-0.2, 0) is 9.59 Å². The topological polar surface area (TPSA) is 76.1 Å². The fraction of sp³-hybridized carbons (Fsp3) is 0.560. The number of thiocarbonyl (C=S) groups is 1. The van der Waals surface area contributed by atoms with Crippen LogP contribution in [0.15, 0.2) is 23.1 Å². The van der Waals surface area contributed by atoms with E-state index in [1.165, 1.54) is 30.6 Å². The number of carbonyl (C=O) groups is 2. The molecular weight excluding hydrogens is 458 g/mol. The van der Waals surface area contributed by atoms with Crippen LogP contribution >= 0.6 is 24.0 Å². The van der Waals surface area contributed by atoms with Gasteiger partial charge in [0.15, 0.2) is 11.5 Å². The summed E-state index contributed by atoms with van der Waals surface area (Å²) in [6.45, 7) is 6.55. The first kappa shape index (κ1) is 27.2. The van der Waals surface area contributed by atoms with Gasteiger partial charge < -0.3 is 14.6 Å². The number of carboxylic acids is 1. The maximum atomic E-state index is 13.0. The maximum Gasteiger partial charge on any atom is 0.327 e. The second-order valence-corrected chi connectivity index (χ2v) is 9.92. The van der Waals surface area contributed by atoms with Crippen LogP contribution in [-0.4, -0.2) is 46.0 Å². The Kier molecular flexibility index (Phi) is 11.2. The van der Waals surface area contributed by atoms with E-state index in [4.69, 9.17) is 21.7 Å². The predicted octanol–water partition coefficient (Wildman–Crippen LogP) is 6.14. The molecule has 1 aromatic rings. The van der Waals surface area contributed by atoms with Crippen LogP contribution in [0.4, 0.5) is 0 Å². The van der Waals surface area contributed by atoms with Crippen molar-refractivity contribution in [2.24, 2.45) is 5.92 Å². The summed E-state index contributed by atoms with van der Waals surface area (Å²) in [5.41, 5.74) is 0.759. The highest BCUT2D eigenvalue weighted by atomic mass is 32.2. The number of carbonyl (C=O) groups excluding carboxylic acids is 1. The molecule has 0 aliphatic carbocycles. The van der Waals surface area contributed by atoms with Gasteiger partial charge in [-0.25, -0.2) is 4.79 Å². The Morgan fingerprint density at radius 1 is 1.18 bits per heavy atom. The average Bonchev–Trinajstić information content (AvgIpc) is 3.06. The molecule has 0 spiro atoms. The normalized spacial score (nSPS) is 16.8. The molecule has 1 saturated heterocycles. The number of aliphatic carboxylic acids is 1. The van der Waals surface area contributed by atoms with Crippen LogP contribution in [0, 0.1) is 5.92 Å². The molecule has 0 unspecified atom stereocenters. The second kappa shape index (κ2) is 13.6. The molecular formula is C25H35NO5S2. The Labute approximate surface area is 206 Å². The van der Waals surface area contributed by atoms with Crippen molar-refractivity contribution < 1.29 is 24.2 Å². The van der Waals surface area contributed by atoms with E-state index in [2.05, 4.69) is 6.92 Å². The monoisotopic (exact) mass is 493 g/mol. The molecule has 0 saturated carbocycles. The van der Waals surface area contributed by atoms with Crippen molar-refractivity contribution in [2.75, 3.05) is 13.7 Å². The van der Waals surface area contributed by atoms with Gasteiger partial charge >= 0.3 is 5.97 Å². The molecule has 1 aliphatic rings. The fourth-order valence-corrected chi connectivity index (χ4v) is 4.99. The van der Waals surface area contributed by atoms with Crippen molar-refractivity contribution in [2.45, 2.75) is 71.8 Å². The number of nitrogens with zero attached hydrogens (tertiary/aromatic N) is 1. The summed E-state index contributed by atoms with van der Waals surface area (Å²) < 4.78 is 11.7. The van der Waals surface area contributed by atoms with Gasteiger partial charge in [0.1, 0.15) is 10.4 Å². The van der Waals surface area contributed by atoms with Crippen LogP contribution in [0.25, 0.3) is 6.08 Å². The maximum absolute atomic E-state index is 13.0.